The topological polar surface area (TPSA) is 67.2 Å². The number of amides is 1. The number of tetrazole rings is 1. The van der Waals surface area contributed by atoms with E-state index >= 15 is 0 Å². The number of carbonyl (C=O) groups is 1. The molecule has 0 N–H and O–H groups in total. The Bertz CT molecular complexity index is 999. The Kier molecular flexibility index (Phi) is 7.64. The molecule has 1 saturated heterocycles. The predicted molar refractivity (Wildman–Crippen MR) is 125 cm³/mol. The van der Waals surface area contributed by atoms with Crippen LogP contribution in [0.5, 0.6) is 0 Å². The van der Waals surface area contributed by atoms with Crippen molar-refractivity contribution >= 4 is 23.6 Å². The van der Waals surface area contributed by atoms with Gasteiger partial charge in [-0.15, -0.1) is 5.10 Å². The number of piperazine rings is 1. The van der Waals surface area contributed by atoms with Crippen molar-refractivity contribution < 1.29 is 4.79 Å². The van der Waals surface area contributed by atoms with Gasteiger partial charge >= 0.3 is 0 Å². The Labute approximate surface area is 193 Å². The molecule has 8 heteroatoms. The number of hydrogen-bond acceptors (Lipinski definition) is 5. The molecule has 1 aromatic heterocycles. The molecule has 0 spiro atoms. The lowest BCUT2D eigenvalue weighted by Gasteiger charge is -2.35. The number of carbonyl (C=O) groups excluding carboxylic acids is 1. The fraction of sp³-hybridized carbons (Fsp3) is 0.333. The van der Waals surface area contributed by atoms with Crippen molar-refractivity contribution in [2.75, 3.05) is 32.7 Å². The summed E-state index contributed by atoms with van der Waals surface area (Å²) in [6, 6.07) is 18.0. The monoisotopic (exact) mass is 450 g/mol. The van der Waals surface area contributed by atoms with E-state index < -0.39 is 0 Å². The highest BCUT2D eigenvalue weighted by Crippen LogP contribution is 2.24. The van der Waals surface area contributed by atoms with Crippen molar-refractivity contribution in [3.63, 3.8) is 0 Å². The second-order valence-electron chi connectivity index (χ2n) is 7.98. The van der Waals surface area contributed by atoms with Crippen LogP contribution in [0.1, 0.15) is 23.5 Å². The van der Waals surface area contributed by atoms with E-state index in [0.29, 0.717) is 18.0 Å². The zero-order chi connectivity index (χ0) is 22.2. The van der Waals surface area contributed by atoms with Crippen molar-refractivity contribution in [3.8, 4) is 0 Å². The van der Waals surface area contributed by atoms with E-state index in [9.17, 15) is 4.79 Å². The Balaban J connectivity index is 1.31. The highest BCUT2D eigenvalue weighted by Gasteiger charge is 2.24. The molecule has 1 fully saturated rings. The Morgan fingerprint density at radius 2 is 1.78 bits per heavy atom. The zero-order valence-corrected chi connectivity index (χ0v) is 18.7. The fourth-order valence-electron chi connectivity index (χ4n) is 3.93. The first kappa shape index (κ1) is 22.2. The van der Waals surface area contributed by atoms with Crippen LogP contribution in [0.3, 0.4) is 0 Å². The molecule has 1 aliphatic heterocycles. The zero-order valence-electron chi connectivity index (χ0n) is 17.9. The van der Waals surface area contributed by atoms with Gasteiger partial charge in [-0.3, -0.25) is 9.69 Å². The van der Waals surface area contributed by atoms with Gasteiger partial charge in [-0.2, -0.15) is 0 Å². The molecule has 0 bridgehead atoms. The van der Waals surface area contributed by atoms with Crippen LogP contribution in [0.15, 0.2) is 67.0 Å². The second-order valence-corrected chi connectivity index (χ2v) is 8.42. The Morgan fingerprint density at radius 3 is 2.47 bits per heavy atom. The molecule has 2 aromatic carbocycles. The van der Waals surface area contributed by atoms with Crippen molar-refractivity contribution in [1.29, 1.82) is 0 Å². The molecule has 3 aromatic rings. The minimum atomic E-state index is -0.0184. The Hall–Kier alpha value is -3.03. The molecule has 4 rings (SSSR count). The summed E-state index contributed by atoms with van der Waals surface area (Å²) in [7, 11) is 0. The van der Waals surface area contributed by atoms with E-state index in [1.54, 1.807) is 11.0 Å². The van der Waals surface area contributed by atoms with Gasteiger partial charge in [0, 0.05) is 50.1 Å². The smallest absolute Gasteiger partial charge is 0.223 e. The predicted octanol–water partition coefficient (Wildman–Crippen LogP) is 3.36. The third kappa shape index (κ3) is 6.24. The van der Waals surface area contributed by atoms with Gasteiger partial charge in [-0.25, -0.2) is 4.68 Å². The lowest BCUT2D eigenvalue weighted by Crippen LogP contribution is -2.48. The summed E-state index contributed by atoms with van der Waals surface area (Å²) >= 11 is 6.05. The van der Waals surface area contributed by atoms with Crippen LogP contribution in [0.4, 0.5) is 0 Å². The highest BCUT2D eigenvalue weighted by molar-refractivity contribution is 6.30. The highest BCUT2D eigenvalue weighted by atomic mass is 35.5. The van der Waals surface area contributed by atoms with E-state index in [0.717, 1.165) is 38.3 Å². The summed E-state index contributed by atoms with van der Waals surface area (Å²) in [5, 5.41) is 12.1. The molecule has 0 saturated carbocycles. The molecular formula is C24H27ClN6O. The summed E-state index contributed by atoms with van der Waals surface area (Å²) in [6.07, 6.45) is 6.33. The van der Waals surface area contributed by atoms with Gasteiger partial charge in [0.05, 0.1) is 6.54 Å². The largest absolute Gasteiger partial charge is 0.340 e. The van der Waals surface area contributed by atoms with Crippen molar-refractivity contribution in [2.45, 2.75) is 18.9 Å². The first-order valence-corrected chi connectivity index (χ1v) is 11.2. The fourth-order valence-corrected chi connectivity index (χ4v) is 4.06. The molecule has 1 amide bonds. The van der Waals surface area contributed by atoms with E-state index in [2.05, 4.69) is 44.7 Å². The molecule has 1 atom stereocenters. The normalized spacial score (nSPS) is 15.8. The third-order valence-electron chi connectivity index (χ3n) is 5.76. The van der Waals surface area contributed by atoms with Gasteiger partial charge < -0.3 is 4.90 Å². The Morgan fingerprint density at radius 1 is 1.03 bits per heavy atom. The quantitative estimate of drug-likeness (QED) is 0.526. The van der Waals surface area contributed by atoms with Gasteiger partial charge in [-0.1, -0.05) is 66.2 Å². The molecule has 0 aliphatic carbocycles. The van der Waals surface area contributed by atoms with E-state index in [1.807, 2.05) is 47.4 Å². The van der Waals surface area contributed by atoms with Gasteiger partial charge in [0.2, 0.25) is 5.91 Å². The number of aromatic nitrogens is 4. The van der Waals surface area contributed by atoms with Crippen LogP contribution in [0.2, 0.25) is 5.02 Å². The average molecular weight is 451 g/mol. The van der Waals surface area contributed by atoms with Crippen LogP contribution in [-0.2, 0) is 11.3 Å². The molecule has 32 heavy (non-hydrogen) atoms. The molecular weight excluding hydrogens is 424 g/mol. The van der Waals surface area contributed by atoms with E-state index in [1.165, 1.54) is 5.56 Å². The van der Waals surface area contributed by atoms with Crippen LogP contribution in [0, 0.1) is 0 Å². The van der Waals surface area contributed by atoms with Crippen molar-refractivity contribution in [1.82, 2.24) is 30.0 Å². The molecule has 0 radical (unpaired) electrons. The van der Waals surface area contributed by atoms with Gasteiger partial charge in [0.15, 0.2) is 0 Å². The molecule has 2 heterocycles. The van der Waals surface area contributed by atoms with Crippen LogP contribution < -0.4 is 0 Å². The van der Waals surface area contributed by atoms with Gasteiger partial charge in [0.1, 0.15) is 6.33 Å². The van der Waals surface area contributed by atoms with Crippen LogP contribution >= 0.6 is 11.6 Å². The number of benzene rings is 2. The molecule has 0 unspecified atom stereocenters. The van der Waals surface area contributed by atoms with Crippen LogP contribution in [0.25, 0.3) is 6.08 Å². The van der Waals surface area contributed by atoms with Crippen LogP contribution in [-0.4, -0.2) is 68.6 Å². The maximum absolute atomic E-state index is 13.1. The van der Waals surface area contributed by atoms with Gasteiger partial charge in [0.25, 0.3) is 0 Å². The van der Waals surface area contributed by atoms with Crippen molar-refractivity contribution in [3.05, 3.63) is 83.2 Å². The summed E-state index contributed by atoms with van der Waals surface area (Å²) in [5.74, 6) is 0.146. The number of nitrogens with zero attached hydrogens (tertiary/aromatic N) is 6. The van der Waals surface area contributed by atoms with E-state index in [4.69, 9.17) is 11.6 Å². The maximum Gasteiger partial charge on any atom is 0.223 e. The number of halogens is 1. The lowest BCUT2D eigenvalue weighted by molar-refractivity contribution is -0.133. The SMILES string of the molecule is O=C(C[C@@H](Cn1cnnn1)c1ccc(Cl)cc1)N1CCN(C/C=C/c2ccccc2)CC1. The van der Waals surface area contributed by atoms with Crippen molar-refractivity contribution in [2.24, 2.45) is 0 Å². The first-order chi connectivity index (χ1) is 15.7. The molecule has 1 aliphatic rings. The summed E-state index contributed by atoms with van der Waals surface area (Å²) in [5.41, 5.74) is 2.26. The second kappa shape index (κ2) is 11.0. The average Bonchev–Trinajstić information content (AvgIpc) is 3.33. The third-order valence-corrected chi connectivity index (χ3v) is 6.01. The van der Waals surface area contributed by atoms with E-state index in [-0.39, 0.29) is 11.8 Å². The molecule has 166 valence electrons. The first-order valence-electron chi connectivity index (χ1n) is 10.9. The minimum Gasteiger partial charge on any atom is -0.340 e. The summed E-state index contributed by atoms with van der Waals surface area (Å²) < 4.78 is 1.67. The molecule has 7 nitrogen and oxygen atoms in total. The number of hydrogen-bond donors (Lipinski definition) is 0. The standard InChI is InChI=1S/C24H27ClN6O/c25-23-10-8-21(9-11-23)22(18-31-19-26-27-28-31)17-24(32)30-15-13-29(14-16-30)12-4-7-20-5-2-1-3-6-20/h1-11,19,22H,12-18H2/b7-4+/t22-/m0/s1. The lowest BCUT2D eigenvalue weighted by atomic mass is 9.95. The maximum atomic E-state index is 13.1. The summed E-state index contributed by atoms with van der Waals surface area (Å²) in [4.78, 5) is 17.4. The van der Waals surface area contributed by atoms with Gasteiger partial charge in [-0.05, 0) is 33.7 Å². The summed E-state index contributed by atoms with van der Waals surface area (Å²) in [6.45, 7) is 4.69. The minimum absolute atomic E-state index is 0.0184. The number of rotatable bonds is 8.